The van der Waals surface area contributed by atoms with Crippen molar-refractivity contribution in [2.45, 2.75) is 96.8 Å². The minimum atomic E-state index is -4.19. The van der Waals surface area contributed by atoms with Gasteiger partial charge in [-0.3, -0.25) is 9.11 Å². The molecule has 0 bridgehead atoms. The molecule has 0 atom stereocenters. The number of hydrogen-bond donors (Lipinski definition) is 3. The second-order valence-electron chi connectivity index (χ2n) is 12.8. The summed E-state index contributed by atoms with van der Waals surface area (Å²) in [4.78, 5) is -0.118. The fourth-order valence-electron chi connectivity index (χ4n) is 5.77. The van der Waals surface area contributed by atoms with Crippen molar-refractivity contribution < 1.29 is 31.0 Å². The first kappa shape index (κ1) is 37.0. The quantitative estimate of drug-likeness (QED) is 0.161. The van der Waals surface area contributed by atoms with Gasteiger partial charge in [0.05, 0.1) is 9.79 Å². The van der Waals surface area contributed by atoms with Gasteiger partial charge in [0.1, 0.15) is 5.75 Å². The summed E-state index contributed by atoms with van der Waals surface area (Å²) in [6.45, 7) is 18.0. The van der Waals surface area contributed by atoms with E-state index in [4.69, 9.17) is 0 Å². The lowest BCUT2D eigenvalue weighted by Gasteiger charge is -2.15. The molecule has 0 aliphatic rings. The predicted octanol–water partition coefficient (Wildman–Crippen LogP) is 8.54. The summed E-state index contributed by atoms with van der Waals surface area (Å²) >= 11 is 0. The van der Waals surface area contributed by atoms with E-state index in [0.717, 1.165) is 50.9 Å². The fraction of sp³-hybridized carbons (Fsp3) is 0.351. The standard InChI is InChI=1S/C19H24O3S.C18H22O4S/c1-12(2)18-10-16(7-6-13(18)3)11-19-14(4)8-17(9-15(19)5)23(20,21)22;1-11(2)16-9-14(5-6-18(16)19)10-17-12(3)7-15(8-13(17)4)23(20,21)22/h6-10,12H,11H2,1-5H3,(H,20,21,22);5-9,11,19H,10H2,1-4H3,(H,20,21,22). The van der Waals surface area contributed by atoms with E-state index in [1.54, 1.807) is 6.07 Å². The lowest BCUT2D eigenvalue weighted by molar-refractivity contribution is 0.464. The molecule has 0 saturated carbocycles. The van der Waals surface area contributed by atoms with Gasteiger partial charge in [0, 0.05) is 0 Å². The third kappa shape index (κ3) is 9.28. The Kier molecular flexibility index (Phi) is 11.7. The van der Waals surface area contributed by atoms with Crippen LogP contribution in [0.25, 0.3) is 0 Å². The molecule has 0 amide bonds. The predicted molar refractivity (Wildman–Crippen MR) is 185 cm³/mol. The molecule has 9 heteroatoms. The van der Waals surface area contributed by atoms with E-state index < -0.39 is 20.2 Å². The fourth-order valence-corrected chi connectivity index (χ4v) is 7.07. The van der Waals surface area contributed by atoms with Crippen molar-refractivity contribution in [2.75, 3.05) is 0 Å². The molecule has 0 heterocycles. The molecule has 0 aromatic heterocycles. The second kappa shape index (κ2) is 14.5. The van der Waals surface area contributed by atoms with Gasteiger partial charge >= 0.3 is 0 Å². The van der Waals surface area contributed by atoms with Crippen molar-refractivity contribution in [3.05, 3.63) is 122 Å². The summed E-state index contributed by atoms with van der Waals surface area (Å²) in [5.41, 5.74) is 11.3. The van der Waals surface area contributed by atoms with Gasteiger partial charge in [-0.15, -0.1) is 0 Å². The van der Waals surface area contributed by atoms with Crippen LogP contribution in [0.1, 0.15) is 101 Å². The van der Waals surface area contributed by atoms with Crippen LogP contribution >= 0.6 is 0 Å². The molecule has 0 radical (unpaired) electrons. The lowest BCUT2D eigenvalue weighted by atomic mass is 9.91. The van der Waals surface area contributed by atoms with Crippen LogP contribution in [0.5, 0.6) is 5.75 Å². The van der Waals surface area contributed by atoms with Gasteiger partial charge < -0.3 is 5.11 Å². The first-order valence-corrected chi connectivity index (χ1v) is 18.1. The molecule has 3 N–H and O–H groups in total. The summed E-state index contributed by atoms with van der Waals surface area (Å²) in [6, 6.07) is 18.1. The zero-order chi connectivity index (χ0) is 34.7. The zero-order valence-electron chi connectivity index (χ0n) is 28.1. The summed E-state index contributed by atoms with van der Waals surface area (Å²) in [6.07, 6.45) is 1.40. The molecule has 46 heavy (non-hydrogen) atoms. The maximum atomic E-state index is 11.3. The number of aromatic hydroxyl groups is 1. The van der Waals surface area contributed by atoms with E-state index in [2.05, 4.69) is 39.0 Å². The molecule has 4 aromatic rings. The van der Waals surface area contributed by atoms with E-state index >= 15 is 0 Å². The molecule has 0 aliphatic carbocycles. The van der Waals surface area contributed by atoms with Crippen LogP contribution in [0.3, 0.4) is 0 Å². The van der Waals surface area contributed by atoms with E-state index in [-0.39, 0.29) is 15.7 Å². The summed E-state index contributed by atoms with van der Waals surface area (Å²) in [5, 5.41) is 9.91. The SMILES string of the molecule is Cc1cc(S(=O)(=O)O)cc(C)c1Cc1ccc(O)c(C(C)C)c1.Cc1ccc(Cc2c(C)cc(S(=O)(=O)O)cc2C)cc1C(C)C. The Morgan fingerprint density at radius 2 is 0.870 bits per heavy atom. The molecular formula is C37H46O7S2. The maximum absolute atomic E-state index is 11.3. The van der Waals surface area contributed by atoms with E-state index in [0.29, 0.717) is 18.1 Å². The molecule has 0 unspecified atom stereocenters. The Balaban J connectivity index is 0.000000250. The first-order valence-electron chi connectivity index (χ1n) is 15.3. The summed E-state index contributed by atoms with van der Waals surface area (Å²) in [7, 11) is -8.36. The third-order valence-corrected chi connectivity index (χ3v) is 10.0. The van der Waals surface area contributed by atoms with Crippen LogP contribution in [0.4, 0.5) is 0 Å². The Bertz CT molecular complexity index is 1770. The molecule has 0 fully saturated rings. The Morgan fingerprint density at radius 3 is 1.22 bits per heavy atom. The Morgan fingerprint density at radius 1 is 0.522 bits per heavy atom. The highest BCUT2D eigenvalue weighted by molar-refractivity contribution is 7.86. The first-order chi connectivity index (χ1) is 21.2. The van der Waals surface area contributed by atoms with Crippen molar-refractivity contribution >= 4 is 20.2 Å². The molecule has 0 saturated heterocycles. The molecule has 0 aliphatic heterocycles. The van der Waals surface area contributed by atoms with Gasteiger partial charge in [-0.25, -0.2) is 0 Å². The third-order valence-electron chi connectivity index (χ3n) is 8.38. The van der Waals surface area contributed by atoms with Gasteiger partial charge in [0.15, 0.2) is 0 Å². The van der Waals surface area contributed by atoms with Crippen LogP contribution in [0.15, 0.2) is 70.5 Å². The van der Waals surface area contributed by atoms with Crippen LogP contribution in [-0.2, 0) is 33.1 Å². The molecule has 7 nitrogen and oxygen atoms in total. The van der Waals surface area contributed by atoms with Gasteiger partial charge in [-0.05, 0) is 151 Å². The normalized spacial score (nSPS) is 11.9. The minimum Gasteiger partial charge on any atom is -0.508 e. The number of benzene rings is 4. The van der Waals surface area contributed by atoms with Crippen molar-refractivity contribution in [1.29, 1.82) is 0 Å². The highest BCUT2D eigenvalue weighted by Crippen LogP contribution is 2.29. The van der Waals surface area contributed by atoms with E-state index in [1.165, 1.54) is 41.0 Å². The number of hydrogen-bond acceptors (Lipinski definition) is 5. The number of aryl methyl sites for hydroxylation is 5. The summed E-state index contributed by atoms with van der Waals surface area (Å²) < 4.78 is 63.6. The van der Waals surface area contributed by atoms with Crippen molar-refractivity contribution in [2.24, 2.45) is 0 Å². The maximum Gasteiger partial charge on any atom is 0.294 e. The van der Waals surface area contributed by atoms with Gasteiger partial charge in [-0.2, -0.15) is 16.8 Å². The number of phenols is 1. The summed E-state index contributed by atoms with van der Waals surface area (Å²) in [5.74, 6) is 0.983. The highest BCUT2D eigenvalue weighted by atomic mass is 32.2. The van der Waals surface area contributed by atoms with Crippen LogP contribution in [0, 0.1) is 34.6 Å². The number of phenolic OH excluding ortho intramolecular Hbond substituents is 1. The largest absolute Gasteiger partial charge is 0.508 e. The van der Waals surface area contributed by atoms with E-state index in [9.17, 15) is 31.0 Å². The molecular weight excluding hydrogens is 621 g/mol. The number of rotatable bonds is 8. The van der Waals surface area contributed by atoms with Gasteiger partial charge in [0.2, 0.25) is 0 Å². The van der Waals surface area contributed by atoms with Crippen LogP contribution in [0.2, 0.25) is 0 Å². The Hall–Kier alpha value is -3.50. The second-order valence-corrected chi connectivity index (χ2v) is 15.6. The molecule has 4 aromatic carbocycles. The van der Waals surface area contributed by atoms with Crippen LogP contribution < -0.4 is 0 Å². The average molecular weight is 667 g/mol. The minimum absolute atomic E-state index is 0.0389. The highest BCUT2D eigenvalue weighted by Gasteiger charge is 2.16. The molecule has 0 spiro atoms. The van der Waals surface area contributed by atoms with Crippen molar-refractivity contribution in [3.8, 4) is 5.75 Å². The monoisotopic (exact) mass is 666 g/mol. The molecule has 248 valence electrons. The molecule has 4 rings (SSSR count). The van der Waals surface area contributed by atoms with Crippen molar-refractivity contribution in [1.82, 2.24) is 0 Å². The van der Waals surface area contributed by atoms with Crippen LogP contribution in [-0.4, -0.2) is 31.0 Å². The van der Waals surface area contributed by atoms with Gasteiger partial charge in [0.25, 0.3) is 20.2 Å². The smallest absolute Gasteiger partial charge is 0.294 e. The van der Waals surface area contributed by atoms with Gasteiger partial charge in [-0.1, -0.05) is 58.0 Å². The zero-order valence-corrected chi connectivity index (χ0v) is 29.8. The topological polar surface area (TPSA) is 129 Å². The average Bonchev–Trinajstić information content (AvgIpc) is 2.93. The Labute approximate surface area is 274 Å². The van der Waals surface area contributed by atoms with Crippen molar-refractivity contribution in [3.63, 3.8) is 0 Å². The van der Waals surface area contributed by atoms with E-state index in [1.807, 2.05) is 53.7 Å². The lowest BCUT2D eigenvalue weighted by Crippen LogP contribution is -2.03.